The van der Waals surface area contributed by atoms with E-state index >= 15 is 0 Å². The lowest BCUT2D eigenvalue weighted by molar-refractivity contribution is -0.295. The standard InChI is InChI=1S/C18H15P.C15H25NO8S.C14H23NO9S.C11H19NO9.C6H10N2O4.C3H6OS/c1-4-10-16(11-5-1)19(17-12-6-2-7-13-17)18-14-8-3-9-15-18;1-4-10(20)25-6-9(19)12(21)13-11(16-7(2)17)8(18)5-15(3,24-13)14(22)23;1-3-9(19)25-5-8(18)11(20)12-10(15-6(2)16)7(17)4-14(23,24-12)13(21)22;1-4(14)12-7-5(15)2-11(20,10(18)19)21-9(7)8(17)6(16)3-13;1-3-11-5(9)7-8-6(10)12-4-2;1-2-3(4)5/h1-15H;8-9,11-13,18-19,21H,4-6H2,1-3H3,(H,16,17)(H,22,23);7-8,10-12,17-18,20,23H,3-5H2,1-2H3,(H,15,16)(H,21,22);5-9,13,15-17,20H,2-3H2,1H3,(H,12,14)(H,18,19);3-4H2,1-2H3;2H2,1H3,(H,4,5)/t;8-,9-,11-,12-,13?,15+;7-,8-,10-,11-,12?,14+;5-,6-,7+,8-,9?,11+;;/m.111../s1. The summed E-state index contributed by atoms with van der Waals surface area (Å²) >= 11 is 5.05. The van der Waals surface area contributed by atoms with E-state index < -0.39 is 184 Å². The summed E-state index contributed by atoms with van der Waals surface area (Å²) in [5.74, 6) is -12.5. The minimum absolute atomic E-state index is 0.0509. The Balaban J connectivity index is 0.000000667. The molecule has 600 valence electrons. The van der Waals surface area contributed by atoms with Gasteiger partial charge in [-0.3, -0.25) is 28.8 Å². The number of thiol groups is 1. The molecule has 0 radical (unpaired) electrons. The Morgan fingerprint density at radius 2 is 0.794 bits per heavy atom. The predicted octanol–water partition coefficient (Wildman–Crippen LogP) is -1.14. The first-order valence-corrected chi connectivity index (χ1v) is 36.8. The molecule has 6 rings (SSSR count). The van der Waals surface area contributed by atoms with Crippen LogP contribution in [0.4, 0.5) is 9.59 Å². The van der Waals surface area contributed by atoms with Gasteiger partial charge in [-0.25, -0.2) is 24.0 Å². The molecule has 36 nitrogen and oxygen atoms in total. The monoisotopic (exact) mass is 1600 g/mol. The Hall–Kier alpha value is -7.09. The maximum Gasteiger partial charge on any atom is 0.452 e. The Kier molecular flexibility index (Phi) is 45.0. The zero-order chi connectivity index (χ0) is 81.7. The predicted molar refractivity (Wildman–Crippen MR) is 387 cm³/mol. The molecular formula is C67H98N5O31PS3. The zero-order valence-electron chi connectivity index (χ0n) is 59.9. The number of carbonyl (C=O) groups is 11. The number of amides is 5. The van der Waals surface area contributed by atoms with E-state index in [4.69, 9.17) is 29.5 Å². The van der Waals surface area contributed by atoms with Crippen molar-refractivity contribution in [3.63, 3.8) is 0 Å². The quantitative estimate of drug-likeness (QED) is 0.0271. The van der Waals surface area contributed by atoms with E-state index in [1.165, 1.54) is 29.8 Å². The number of aliphatic hydroxyl groups is 12. The van der Waals surface area contributed by atoms with E-state index in [-0.39, 0.29) is 59.3 Å². The third-order valence-electron chi connectivity index (χ3n) is 15.0. The lowest BCUT2D eigenvalue weighted by Gasteiger charge is -2.45. The highest BCUT2D eigenvalue weighted by Gasteiger charge is 2.56. The van der Waals surface area contributed by atoms with Gasteiger partial charge in [0.25, 0.3) is 11.6 Å². The molecule has 0 saturated carbocycles. The first-order chi connectivity index (χ1) is 50.1. The van der Waals surface area contributed by atoms with Crippen LogP contribution in [0.2, 0.25) is 0 Å². The van der Waals surface area contributed by atoms with E-state index in [9.17, 15) is 114 Å². The van der Waals surface area contributed by atoms with Crippen LogP contribution in [0.1, 0.15) is 101 Å². The van der Waals surface area contributed by atoms with Crippen LogP contribution in [-0.2, 0) is 66.8 Å². The molecule has 18 N–H and O–H groups in total. The number of carboxylic acids is 3. The summed E-state index contributed by atoms with van der Waals surface area (Å²) in [6.45, 7) is 12.5. The van der Waals surface area contributed by atoms with E-state index in [2.05, 4.69) is 139 Å². The van der Waals surface area contributed by atoms with Gasteiger partial charge in [-0.2, -0.15) is 0 Å². The number of hydrogen-bond donors (Lipinski definition) is 19. The molecule has 3 aromatic carbocycles. The highest BCUT2D eigenvalue weighted by molar-refractivity contribution is 8.13. The number of carbonyl (C=O) groups excluding carboxylic acids is 8. The number of azo groups is 1. The summed E-state index contributed by atoms with van der Waals surface area (Å²) < 4.78 is 24.1. The molecule has 3 aliphatic rings. The largest absolute Gasteiger partial charge is 0.479 e. The Labute approximate surface area is 631 Å². The number of ether oxygens (including phenoxy) is 5. The average molecular weight is 1600 g/mol. The third kappa shape index (κ3) is 33.7. The molecule has 3 aromatic rings. The van der Waals surface area contributed by atoms with E-state index in [1.807, 2.05) is 0 Å². The van der Waals surface area contributed by atoms with Crippen LogP contribution in [0.25, 0.3) is 0 Å². The molecule has 18 atom stereocenters. The minimum atomic E-state index is -2.79. The van der Waals surface area contributed by atoms with Gasteiger partial charge in [-0.05, 0) is 44.6 Å². The fourth-order valence-electron chi connectivity index (χ4n) is 9.70. The Morgan fingerprint density at radius 1 is 0.505 bits per heavy atom. The second-order valence-electron chi connectivity index (χ2n) is 23.6. The molecule has 3 fully saturated rings. The zero-order valence-corrected chi connectivity index (χ0v) is 63.4. The average Bonchev–Trinajstić information content (AvgIpc) is 0.789. The Morgan fingerprint density at radius 3 is 1.05 bits per heavy atom. The van der Waals surface area contributed by atoms with Gasteiger partial charge in [0.2, 0.25) is 17.7 Å². The minimum Gasteiger partial charge on any atom is -0.479 e. The molecule has 3 unspecified atom stereocenters. The topological polar surface area (TPSA) is 598 Å². The van der Waals surface area contributed by atoms with Crippen molar-refractivity contribution in [2.24, 2.45) is 10.2 Å². The smallest absolute Gasteiger partial charge is 0.452 e. The fourth-order valence-corrected chi connectivity index (χ4v) is 13.5. The van der Waals surface area contributed by atoms with Crippen LogP contribution in [0, 0.1) is 0 Å². The molecule has 0 bridgehead atoms. The number of aliphatic carboxylic acids is 3. The van der Waals surface area contributed by atoms with Crippen LogP contribution in [0.15, 0.2) is 101 Å². The molecule has 3 aliphatic heterocycles. The lowest BCUT2D eigenvalue weighted by atomic mass is 9.84. The first-order valence-electron chi connectivity index (χ1n) is 33.0. The molecule has 0 aliphatic carbocycles. The van der Waals surface area contributed by atoms with E-state index in [0.29, 0.717) is 6.42 Å². The van der Waals surface area contributed by atoms with Gasteiger partial charge in [-0.15, -0.1) is 12.6 Å². The number of aliphatic hydroxyl groups excluding tert-OH is 10. The van der Waals surface area contributed by atoms with Gasteiger partial charge in [-0.1, -0.05) is 146 Å². The fraction of sp³-hybridized carbons (Fsp3) is 0.567. The molecule has 5 amide bonds. The van der Waals surface area contributed by atoms with Gasteiger partial charge in [0, 0.05) is 70.8 Å². The van der Waals surface area contributed by atoms with Crippen molar-refractivity contribution in [2.45, 2.75) is 209 Å². The van der Waals surface area contributed by atoms with Crippen molar-refractivity contribution in [1.29, 1.82) is 0 Å². The third-order valence-corrected chi connectivity index (χ3v) is 20.0. The highest BCUT2D eigenvalue weighted by atomic mass is 32.2. The summed E-state index contributed by atoms with van der Waals surface area (Å²) in [6.07, 6.45) is -21.4. The number of rotatable bonds is 25. The van der Waals surface area contributed by atoms with Crippen molar-refractivity contribution >= 4 is 123 Å². The maximum absolute atomic E-state index is 11.4. The van der Waals surface area contributed by atoms with Gasteiger partial charge < -0.3 is 116 Å². The normalized spacial score (nSPS) is 25.2. The maximum atomic E-state index is 11.4. The van der Waals surface area contributed by atoms with E-state index in [1.54, 1.807) is 34.6 Å². The van der Waals surface area contributed by atoms with Gasteiger partial charge in [0.15, 0.2) is 20.9 Å². The van der Waals surface area contributed by atoms with Crippen LogP contribution < -0.4 is 31.9 Å². The summed E-state index contributed by atoms with van der Waals surface area (Å²) in [7, 11) is -0.446. The van der Waals surface area contributed by atoms with Crippen LogP contribution in [-0.4, -0.2) is 280 Å². The lowest BCUT2D eigenvalue weighted by Crippen LogP contribution is -2.67. The molecular weight excluding hydrogens is 1500 g/mol. The summed E-state index contributed by atoms with van der Waals surface area (Å²) in [4.78, 5) is 121. The molecule has 40 heteroatoms. The van der Waals surface area contributed by atoms with Gasteiger partial charge in [0.05, 0.1) is 68.5 Å². The number of benzene rings is 3. The van der Waals surface area contributed by atoms with Crippen LogP contribution >= 0.6 is 44.1 Å². The van der Waals surface area contributed by atoms with Crippen LogP contribution in [0.3, 0.4) is 0 Å². The second-order valence-corrected chi connectivity index (χ2v) is 28.4. The van der Waals surface area contributed by atoms with Crippen molar-refractivity contribution < 1.29 is 153 Å². The highest BCUT2D eigenvalue weighted by Crippen LogP contribution is 2.36. The van der Waals surface area contributed by atoms with Crippen molar-refractivity contribution in [2.75, 3.05) is 31.3 Å². The molecule has 0 spiro atoms. The van der Waals surface area contributed by atoms with Crippen molar-refractivity contribution in [1.82, 2.24) is 16.0 Å². The number of nitrogens with one attached hydrogen (secondary N) is 3. The summed E-state index contributed by atoms with van der Waals surface area (Å²) in [5, 5.41) is 163. The van der Waals surface area contributed by atoms with Gasteiger partial charge in [0.1, 0.15) is 42.7 Å². The number of thioether (sulfide) groups is 2. The first kappa shape index (κ1) is 97.9. The van der Waals surface area contributed by atoms with E-state index in [0.717, 1.165) is 37.4 Å². The summed E-state index contributed by atoms with van der Waals surface area (Å²) in [5.41, 5.74) is -1.79. The summed E-state index contributed by atoms with van der Waals surface area (Å²) in [6, 6.07) is 28.7. The molecule has 3 heterocycles. The SMILES string of the molecule is CC(=O)N[C@@H]1C([C@H](O)[C@H](O)CO)O[C@](O)(C(=O)O)C[C@H]1O.CCC(=O)S.CCC(=O)SC[C@@H](O)[C@@H](O)C1O[C@](C)(C(=O)O)C[C@@H](O)[C@H]1NC(C)=O.CCC(=O)SC[C@@H](O)[C@@H](O)C1O[C@](O)(C(=O)O)C[C@@H](O)[C@H]1NC(C)=O.CCOC(=O)N=NC(=O)OCC.c1ccc(P(c2ccccc2)c2ccccc2)cc1. The molecule has 3 saturated heterocycles. The number of hydrogen-bond acceptors (Lipinski definition) is 30. The van der Waals surface area contributed by atoms with Crippen LogP contribution in [0.5, 0.6) is 0 Å². The Bertz CT molecular complexity index is 3130. The van der Waals surface area contributed by atoms with Gasteiger partial charge >= 0.3 is 30.1 Å². The second kappa shape index (κ2) is 49.1. The van der Waals surface area contributed by atoms with Crippen molar-refractivity contribution in [3.8, 4) is 0 Å². The molecule has 0 aromatic heterocycles. The van der Waals surface area contributed by atoms with Crippen molar-refractivity contribution in [3.05, 3.63) is 91.0 Å². The number of nitrogens with zero attached hydrogens (tertiary/aromatic N) is 2. The molecule has 107 heavy (non-hydrogen) atoms. The number of carboxylic acid groups (broad SMARTS) is 3.